The van der Waals surface area contributed by atoms with Gasteiger partial charge in [0.2, 0.25) is 0 Å². The average Bonchev–Trinajstić information content (AvgIpc) is 2.03. The smallest absolute Gasteiger partial charge is 0.104 e. The number of aromatic nitrogens is 1. The second-order valence-corrected chi connectivity index (χ2v) is 4.48. The molecular formula is C10H14N2S. The minimum atomic E-state index is 0.0425. The maximum atomic E-state index is 5.53. The van der Waals surface area contributed by atoms with Crippen LogP contribution in [0.3, 0.4) is 0 Å². The van der Waals surface area contributed by atoms with Gasteiger partial charge < -0.3 is 5.73 Å². The van der Waals surface area contributed by atoms with Crippen molar-refractivity contribution in [2.24, 2.45) is 5.73 Å². The van der Waals surface area contributed by atoms with Crippen LogP contribution in [-0.2, 0) is 5.41 Å². The van der Waals surface area contributed by atoms with Crippen LogP contribution in [0.5, 0.6) is 0 Å². The van der Waals surface area contributed by atoms with E-state index in [1.807, 2.05) is 12.1 Å². The number of nitrogens with two attached hydrogens (primary N) is 1. The summed E-state index contributed by atoms with van der Waals surface area (Å²) in [6.45, 7) is 6.33. The highest BCUT2D eigenvalue weighted by Gasteiger charge is 2.15. The van der Waals surface area contributed by atoms with Crippen molar-refractivity contribution in [1.29, 1.82) is 0 Å². The second-order valence-electron chi connectivity index (χ2n) is 4.04. The third-order valence-electron chi connectivity index (χ3n) is 1.81. The first kappa shape index (κ1) is 10.1. The van der Waals surface area contributed by atoms with Gasteiger partial charge in [0.1, 0.15) is 4.99 Å². The first-order chi connectivity index (χ1) is 5.91. The Morgan fingerprint density at radius 3 is 2.54 bits per heavy atom. The van der Waals surface area contributed by atoms with E-state index in [4.69, 9.17) is 18.0 Å². The largest absolute Gasteiger partial charge is 0.389 e. The van der Waals surface area contributed by atoms with E-state index in [1.165, 1.54) is 0 Å². The summed E-state index contributed by atoms with van der Waals surface area (Å²) < 4.78 is 0. The summed E-state index contributed by atoms with van der Waals surface area (Å²) in [7, 11) is 0. The van der Waals surface area contributed by atoms with Gasteiger partial charge >= 0.3 is 0 Å². The van der Waals surface area contributed by atoms with Crippen LogP contribution >= 0.6 is 12.2 Å². The van der Waals surface area contributed by atoms with Crippen LogP contribution in [0.25, 0.3) is 0 Å². The summed E-state index contributed by atoms with van der Waals surface area (Å²) in [4.78, 5) is 4.70. The zero-order valence-electron chi connectivity index (χ0n) is 8.16. The van der Waals surface area contributed by atoms with Crippen molar-refractivity contribution >= 4 is 17.2 Å². The van der Waals surface area contributed by atoms with Crippen LogP contribution in [0.4, 0.5) is 0 Å². The normalized spacial score (nSPS) is 11.3. The molecule has 2 N–H and O–H groups in total. The Hall–Kier alpha value is -0.960. The lowest BCUT2D eigenvalue weighted by Gasteiger charge is -2.17. The van der Waals surface area contributed by atoms with Crippen LogP contribution in [-0.4, -0.2) is 9.97 Å². The molecule has 0 fully saturated rings. The maximum Gasteiger partial charge on any atom is 0.104 e. The van der Waals surface area contributed by atoms with Crippen LogP contribution in [0.2, 0.25) is 0 Å². The molecule has 13 heavy (non-hydrogen) atoms. The second kappa shape index (κ2) is 3.42. The van der Waals surface area contributed by atoms with Gasteiger partial charge in [-0.1, -0.05) is 33.0 Å². The van der Waals surface area contributed by atoms with Crippen molar-refractivity contribution in [1.82, 2.24) is 4.98 Å². The van der Waals surface area contributed by atoms with Gasteiger partial charge in [-0.15, -0.1) is 0 Å². The monoisotopic (exact) mass is 194 g/mol. The number of rotatable bonds is 1. The van der Waals surface area contributed by atoms with Crippen LogP contribution in [0, 0.1) is 0 Å². The molecule has 0 aliphatic carbocycles. The van der Waals surface area contributed by atoms with E-state index in [0.717, 1.165) is 11.3 Å². The summed E-state index contributed by atoms with van der Waals surface area (Å²) >= 11 is 4.89. The molecule has 0 amide bonds. The number of hydrogen-bond donors (Lipinski definition) is 1. The Morgan fingerprint density at radius 2 is 2.08 bits per heavy atom. The molecule has 3 heteroatoms. The minimum absolute atomic E-state index is 0.0425. The lowest BCUT2D eigenvalue weighted by molar-refractivity contribution is 0.569. The minimum Gasteiger partial charge on any atom is -0.389 e. The highest BCUT2D eigenvalue weighted by Crippen LogP contribution is 2.20. The van der Waals surface area contributed by atoms with Crippen LogP contribution in [0.15, 0.2) is 18.3 Å². The predicted molar refractivity (Wildman–Crippen MR) is 58.8 cm³/mol. The molecular weight excluding hydrogens is 180 g/mol. The Kier molecular flexibility index (Phi) is 2.66. The van der Waals surface area contributed by atoms with E-state index < -0.39 is 0 Å². The standard InChI is InChI=1S/C10H14N2S/c1-10(2,3)8-6-7(9(11)13)4-5-12-8/h4-6H,1-3H3,(H2,11,13). The molecule has 0 atom stereocenters. The lowest BCUT2D eigenvalue weighted by atomic mass is 9.91. The van der Waals surface area contributed by atoms with Gasteiger partial charge in [-0.05, 0) is 12.1 Å². The molecule has 0 saturated carbocycles. The Bertz CT molecular complexity index is 326. The molecule has 0 unspecified atom stereocenters. The molecule has 70 valence electrons. The van der Waals surface area contributed by atoms with Crippen molar-refractivity contribution in [3.05, 3.63) is 29.6 Å². The molecule has 2 nitrogen and oxygen atoms in total. The Balaban J connectivity index is 3.13. The van der Waals surface area contributed by atoms with E-state index in [0.29, 0.717) is 4.99 Å². The van der Waals surface area contributed by atoms with Crippen LogP contribution in [0.1, 0.15) is 32.0 Å². The summed E-state index contributed by atoms with van der Waals surface area (Å²) in [5.74, 6) is 0. The number of pyridine rings is 1. The Morgan fingerprint density at radius 1 is 1.46 bits per heavy atom. The van der Waals surface area contributed by atoms with E-state index in [2.05, 4.69) is 25.8 Å². The lowest BCUT2D eigenvalue weighted by Crippen LogP contribution is -2.16. The third-order valence-corrected chi connectivity index (χ3v) is 2.05. The molecule has 0 saturated heterocycles. The van der Waals surface area contributed by atoms with E-state index >= 15 is 0 Å². The maximum absolute atomic E-state index is 5.53. The first-order valence-electron chi connectivity index (χ1n) is 4.17. The Labute approximate surface area is 84.2 Å². The highest BCUT2D eigenvalue weighted by molar-refractivity contribution is 7.80. The fourth-order valence-corrected chi connectivity index (χ4v) is 1.12. The number of hydrogen-bond acceptors (Lipinski definition) is 2. The quantitative estimate of drug-likeness (QED) is 0.695. The van der Waals surface area contributed by atoms with Gasteiger partial charge in [-0.25, -0.2) is 0 Å². The van der Waals surface area contributed by atoms with Gasteiger partial charge in [0.05, 0.1) is 0 Å². The van der Waals surface area contributed by atoms with E-state index in [1.54, 1.807) is 6.20 Å². The molecule has 0 aromatic carbocycles. The van der Waals surface area contributed by atoms with Crippen molar-refractivity contribution in [3.63, 3.8) is 0 Å². The summed E-state index contributed by atoms with van der Waals surface area (Å²) in [5, 5.41) is 0. The third kappa shape index (κ3) is 2.49. The van der Waals surface area contributed by atoms with Gasteiger partial charge in [0, 0.05) is 22.9 Å². The van der Waals surface area contributed by atoms with Crippen molar-refractivity contribution in [2.75, 3.05) is 0 Å². The molecule has 0 radical (unpaired) electrons. The predicted octanol–water partition coefficient (Wildman–Crippen LogP) is 2.01. The summed E-state index contributed by atoms with van der Waals surface area (Å²) in [6, 6.07) is 3.78. The van der Waals surface area contributed by atoms with Gasteiger partial charge in [0.15, 0.2) is 0 Å². The molecule has 1 aromatic rings. The molecule has 1 heterocycles. The van der Waals surface area contributed by atoms with Crippen LogP contribution < -0.4 is 5.73 Å². The van der Waals surface area contributed by atoms with Crippen molar-refractivity contribution in [3.8, 4) is 0 Å². The number of thiocarbonyl (C=S) groups is 1. The fourth-order valence-electron chi connectivity index (χ4n) is 0.994. The zero-order chi connectivity index (χ0) is 10.1. The summed E-state index contributed by atoms with van der Waals surface area (Å²) in [5.41, 5.74) is 7.47. The van der Waals surface area contributed by atoms with Gasteiger partial charge in [-0.2, -0.15) is 0 Å². The molecule has 0 spiro atoms. The molecule has 0 aliphatic heterocycles. The van der Waals surface area contributed by atoms with E-state index in [9.17, 15) is 0 Å². The topological polar surface area (TPSA) is 38.9 Å². The SMILES string of the molecule is CC(C)(C)c1cc(C(N)=S)ccn1. The summed E-state index contributed by atoms with van der Waals surface area (Å²) in [6.07, 6.45) is 1.75. The number of nitrogens with zero attached hydrogens (tertiary/aromatic N) is 1. The molecule has 1 rings (SSSR count). The zero-order valence-corrected chi connectivity index (χ0v) is 8.98. The average molecular weight is 194 g/mol. The van der Waals surface area contributed by atoms with Crippen molar-refractivity contribution in [2.45, 2.75) is 26.2 Å². The molecule has 0 aliphatic rings. The molecule has 1 aromatic heterocycles. The first-order valence-corrected chi connectivity index (χ1v) is 4.58. The fraction of sp³-hybridized carbons (Fsp3) is 0.400. The van der Waals surface area contributed by atoms with E-state index in [-0.39, 0.29) is 5.41 Å². The van der Waals surface area contributed by atoms with Gasteiger partial charge in [0.25, 0.3) is 0 Å². The van der Waals surface area contributed by atoms with Crippen molar-refractivity contribution < 1.29 is 0 Å². The highest BCUT2D eigenvalue weighted by atomic mass is 32.1. The molecule has 0 bridgehead atoms. The van der Waals surface area contributed by atoms with Gasteiger partial charge in [-0.3, -0.25) is 4.98 Å².